The summed E-state index contributed by atoms with van der Waals surface area (Å²) < 4.78 is 4.89. The summed E-state index contributed by atoms with van der Waals surface area (Å²) in [4.78, 5) is 50.5. The molecule has 9 heteroatoms. The van der Waals surface area contributed by atoms with Crippen LogP contribution in [-0.2, 0) is 23.9 Å². The summed E-state index contributed by atoms with van der Waals surface area (Å²) in [5.41, 5.74) is 0.0218. The van der Waals surface area contributed by atoms with Crippen LogP contribution in [0.5, 0.6) is 0 Å². The van der Waals surface area contributed by atoms with E-state index in [4.69, 9.17) is 16.3 Å². The maximum atomic E-state index is 12.8. The third kappa shape index (κ3) is 2.68. The van der Waals surface area contributed by atoms with E-state index in [2.05, 4.69) is 5.10 Å². The fourth-order valence-corrected chi connectivity index (χ4v) is 3.10. The van der Waals surface area contributed by atoms with E-state index in [-0.39, 0.29) is 18.0 Å². The minimum absolute atomic E-state index is 0.0788. The number of nitrogens with zero attached hydrogens (tertiary/aromatic N) is 3. The van der Waals surface area contributed by atoms with Crippen molar-refractivity contribution < 1.29 is 23.9 Å². The van der Waals surface area contributed by atoms with Gasteiger partial charge in [0.25, 0.3) is 5.91 Å². The number of amides is 3. The summed E-state index contributed by atoms with van der Waals surface area (Å²) in [6.45, 7) is 2.89. The van der Waals surface area contributed by atoms with Crippen LogP contribution in [0.3, 0.4) is 0 Å². The van der Waals surface area contributed by atoms with Crippen molar-refractivity contribution in [2.45, 2.75) is 19.9 Å². The first-order chi connectivity index (χ1) is 11.9. The molecule has 0 aromatic heterocycles. The van der Waals surface area contributed by atoms with Gasteiger partial charge >= 0.3 is 5.97 Å². The van der Waals surface area contributed by atoms with Crippen LogP contribution in [0.4, 0.5) is 5.69 Å². The second kappa shape index (κ2) is 6.29. The van der Waals surface area contributed by atoms with Crippen LogP contribution < -0.4 is 4.90 Å². The molecule has 1 aromatic rings. The molecule has 0 spiro atoms. The van der Waals surface area contributed by atoms with Gasteiger partial charge in [-0.25, -0.2) is 14.7 Å². The number of hydrazone groups is 1. The number of hydrogen-bond acceptors (Lipinski definition) is 6. The Morgan fingerprint density at radius 2 is 2.00 bits per heavy atom. The van der Waals surface area contributed by atoms with Gasteiger partial charge in [0, 0.05) is 11.9 Å². The highest BCUT2D eigenvalue weighted by atomic mass is 35.5. The van der Waals surface area contributed by atoms with Gasteiger partial charge in [-0.3, -0.25) is 14.4 Å². The van der Waals surface area contributed by atoms with Crippen LogP contribution in [0.2, 0.25) is 5.02 Å². The molecule has 2 aliphatic rings. The van der Waals surface area contributed by atoms with Crippen LogP contribution in [0.25, 0.3) is 0 Å². The van der Waals surface area contributed by atoms with Crippen LogP contribution >= 0.6 is 11.6 Å². The monoisotopic (exact) mass is 363 g/mol. The van der Waals surface area contributed by atoms with E-state index in [1.165, 1.54) is 13.0 Å². The molecule has 1 saturated heterocycles. The van der Waals surface area contributed by atoms with Crippen molar-refractivity contribution in [2.24, 2.45) is 11.0 Å². The Bertz CT molecular complexity index is 822. The molecule has 0 unspecified atom stereocenters. The first-order valence-corrected chi connectivity index (χ1v) is 7.93. The van der Waals surface area contributed by atoms with Gasteiger partial charge in [0.05, 0.1) is 12.3 Å². The molecule has 130 valence electrons. The second-order valence-corrected chi connectivity index (χ2v) is 5.92. The van der Waals surface area contributed by atoms with Gasteiger partial charge in [0.15, 0.2) is 11.8 Å². The maximum Gasteiger partial charge on any atom is 0.355 e. The lowest BCUT2D eigenvalue weighted by atomic mass is 9.98. The molecular formula is C16H14ClN3O5. The highest BCUT2D eigenvalue weighted by Gasteiger charge is 2.59. The van der Waals surface area contributed by atoms with Crippen molar-refractivity contribution in [1.29, 1.82) is 0 Å². The van der Waals surface area contributed by atoms with Gasteiger partial charge < -0.3 is 4.74 Å². The minimum atomic E-state index is -1.19. The summed E-state index contributed by atoms with van der Waals surface area (Å²) >= 11 is 5.93. The van der Waals surface area contributed by atoms with E-state index in [1.54, 1.807) is 25.1 Å². The lowest BCUT2D eigenvalue weighted by molar-refractivity contribution is -0.136. The van der Waals surface area contributed by atoms with Gasteiger partial charge in [0.1, 0.15) is 5.92 Å². The van der Waals surface area contributed by atoms with Crippen molar-refractivity contribution in [3.05, 3.63) is 29.3 Å². The maximum absolute atomic E-state index is 12.8. The molecule has 0 aliphatic carbocycles. The lowest BCUT2D eigenvalue weighted by Gasteiger charge is -2.19. The fourth-order valence-electron chi connectivity index (χ4n) is 2.92. The van der Waals surface area contributed by atoms with Crippen LogP contribution in [-0.4, -0.2) is 47.1 Å². The summed E-state index contributed by atoms with van der Waals surface area (Å²) in [5.74, 6) is -3.85. The zero-order valence-electron chi connectivity index (χ0n) is 13.4. The van der Waals surface area contributed by atoms with Crippen molar-refractivity contribution in [2.75, 3.05) is 11.5 Å². The zero-order valence-corrected chi connectivity index (χ0v) is 14.2. The summed E-state index contributed by atoms with van der Waals surface area (Å²) in [7, 11) is 0. The molecule has 3 rings (SSSR count). The Morgan fingerprint density at radius 3 is 2.60 bits per heavy atom. The number of fused-ring (bicyclic) bond motifs is 1. The molecule has 8 nitrogen and oxygen atoms in total. The smallest absolute Gasteiger partial charge is 0.355 e. The van der Waals surface area contributed by atoms with Gasteiger partial charge in [-0.1, -0.05) is 17.7 Å². The molecule has 0 radical (unpaired) electrons. The molecule has 0 N–H and O–H groups in total. The van der Waals surface area contributed by atoms with Crippen molar-refractivity contribution in [1.82, 2.24) is 5.01 Å². The molecule has 0 bridgehead atoms. The topological polar surface area (TPSA) is 96.3 Å². The summed E-state index contributed by atoms with van der Waals surface area (Å²) in [5, 5.41) is 5.08. The number of ether oxygens (including phenoxy) is 1. The Labute approximate surface area is 148 Å². The van der Waals surface area contributed by atoms with Crippen LogP contribution in [0.1, 0.15) is 13.8 Å². The van der Waals surface area contributed by atoms with Gasteiger partial charge in [-0.05, 0) is 25.1 Å². The van der Waals surface area contributed by atoms with Crippen molar-refractivity contribution in [3.63, 3.8) is 0 Å². The summed E-state index contributed by atoms with van der Waals surface area (Å²) in [6, 6.07) is 5.00. The number of rotatable bonds is 3. The molecule has 0 saturated carbocycles. The fraction of sp³-hybridized carbons (Fsp3) is 0.312. The summed E-state index contributed by atoms with van der Waals surface area (Å²) in [6.07, 6.45) is 0. The molecule has 3 amide bonds. The van der Waals surface area contributed by atoms with Crippen LogP contribution in [0, 0.1) is 5.92 Å². The van der Waals surface area contributed by atoms with Gasteiger partial charge in [-0.2, -0.15) is 5.10 Å². The third-order valence-corrected chi connectivity index (χ3v) is 4.16. The predicted octanol–water partition coefficient (Wildman–Crippen LogP) is 0.979. The number of hydrogen-bond donors (Lipinski definition) is 0. The lowest BCUT2D eigenvalue weighted by Crippen LogP contribution is -2.41. The largest absolute Gasteiger partial charge is 0.461 e. The molecular weight excluding hydrogens is 350 g/mol. The average Bonchev–Trinajstić information content (AvgIpc) is 3.06. The number of carbonyl (C=O) groups excluding carboxylic acids is 4. The van der Waals surface area contributed by atoms with Gasteiger partial charge in [-0.15, -0.1) is 0 Å². The quantitative estimate of drug-likeness (QED) is 0.589. The number of esters is 1. The minimum Gasteiger partial charge on any atom is -0.461 e. The van der Waals surface area contributed by atoms with E-state index in [1.807, 2.05) is 0 Å². The average molecular weight is 364 g/mol. The molecule has 2 aliphatic heterocycles. The molecule has 25 heavy (non-hydrogen) atoms. The number of imide groups is 1. The highest BCUT2D eigenvalue weighted by molar-refractivity contribution is 6.47. The Hall–Kier alpha value is -2.74. The van der Waals surface area contributed by atoms with E-state index in [0.717, 1.165) is 9.91 Å². The Balaban J connectivity index is 2.04. The SMILES string of the molecule is CCOC(=O)C1=NN(C(C)=O)[C@H]2C(=O)N(c3cccc(Cl)c3)C(=O)[C@H]12. The first kappa shape index (κ1) is 17.1. The van der Waals surface area contributed by atoms with E-state index in [0.29, 0.717) is 5.02 Å². The molecule has 1 aromatic carbocycles. The molecule has 2 heterocycles. The normalized spacial score (nSPS) is 22.1. The van der Waals surface area contributed by atoms with E-state index in [9.17, 15) is 19.2 Å². The Morgan fingerprint density at radius 1 is 1.28 bits per heavy atom. The second-order valence-electron chi connectivity index (χ2n) is 5.48. The predicted molar refractivity (Wildman–Crippen MR) is 87.8 cm³/mol. The number of carbonyl (C=O) groups is 4. The van der Waals surface area contributed by atoms with Crippen molar-refractivity contribution in [3.8, 4) is 0 Å². The number of anilines is 1. The number of halogens is 1. The van der Waals surface area contributed by atoms with E-state index >= 15 is 0 Å². The number of benzene rings is 1. The van der Waals surface area contributed by atoms with E-state index < -0.39 is 35.7 Å². The van der Waals surface area contributed by atoms with Gasteiger partial charge in [0.2, 0.25) is 11.8 Å². The molecule has 1 fully saturated rings. The van der Waals surface area contributed by atoms with Crippen molar-refractivity contribution >= 4 is 46.7 Å². The standard InChI is InChI=1S/C16H14ClN3O5/c1-3-25-16(24)12-11-13(20(18-12)8(2)21)15(23)19(14(11)22)10-6-4-5-9(17)7-10/h4-7,11,13H,3H2,1-2H3/t11-,13-/m1/s1. The first-order valence-electron chi connectivity index (χ1n) is 7.55. The molecule has 2 atom stereocenters. The van der Waals surface area contributed by atoms with Crippen LogP contribution in [0.15, 0.2) is 29.4 Å². The highest BCUT2D eigenvalue weighted by Crippen LogP contribution is 2.36. The zero-order chi connectivity index (χ0) is 18.3. The third-order valence-electron chi connectivity index (χ3n) is 3.92. The Kier molecular flexibility index (Phi) is 4.30.